The Morgan fingerprint density at radius 1 is 1.53 bits per heavy atom. The highest BCUT2D eigenvalue weighted by Crippen LogP contribution is 2.38. The molecule has 2 rings (SSSR count). The molecule has 1 aliphatic carbocycles. The van der Waals surface area contributed by atoms with Gasteiger partial charge in [-0.1, -0.05) is 6.92 Å². The number of nitrogens with two attached hydrogens (primary N) is 1. The van der Waals surface area contributed by atoms with Gasteiger partial charge in [-0.15, -0.1) is 11.8 Å². The molecule has 1 saturated heterocycles. The summed E-state index contributed by atoms with van der Waals surface area (Å²) in [6.45, 7) is 1.96. The van der Waals surface area contributed by atoms with Crippen molar-refractivity contribution in [2.45, 2.75) is 49.6 Å². The molecule has 2 aliphatic rings. The Hall–Kier alpha value is -0.750. The van der Waals surface area contributed by atoms with Gasteiger partial charge in [-0.25, -0.2) is 4.79 Å². The topological polar surface area (TPSA) is 83.6 Å². The monoisotopic (exact) mass is 258 g/mol. The average Bonchev–Trinajstić information content (AvgIpc) is 2.68. The smallest absolute Gasteiger partial charge is 0.327 e. The molecule has 0 aromatic heterocycles. The molecular weight excluding hydrogens is 240 g/mol. The largest absolute Gasteiger partial charge is 0.480 e. The molecular formula is C11H18N2O3S. The van der Waals surface area contributed by atoms with Gasteiger partial charge in [0.25, 0.3) is 0 Å². The molecule has 0 radical (unpaired) electrons. The molecule has 0 aromatic carbocycles. The Balaban J connectivity index is 2.19. The minimum Gasteiger partial charge on any atom is -0.480 e. The van der Waals surface area contributed by atoms with Crippen LogP contribution in [0.3, 0.4) is 0 Å². The van der Waals surface area contributed by atoms with E-state index in [0.29, 0.717) is 18.6 Å². The minimum absolute atomic E-state index is 0.0374. The summed E-state index contributed by atoms with van der Waals surface area (Å²) in [6.07, 6.45) is 3.07. The number of amides is 1. The lowest BCUT2D eigenvalue weighted by atomic mass is 9.76. The summed E-state index contributed by atoms with van der Waals surface area (Å²) in [6, 6.07) is -0.710. The first-order chi connectivity index (χ1) is 7.99. The van der Waals surface area contributed by atoms with Crippen molar-refractivity contribution in [2.24, 2.45) is 5.73 Å². The number of carboxylic acid groups (broad SMARTS) is 1. The van der Waals surface area contributed by atoms with Crippen LogP contribution in [-0.4, -0.2) is 44.6 Å². The van der Waals surface area contributed by atoms with Crippen LogP contribution in [0.5, 0.6) is 0 Å². The molecule has 6 heteroatoms. The number of hydrogen-bond donors (Lipinski definition) is 2. The van der Waals surface area contributed by atoms with Crippen LogP contribution in [-0.2, 0) is 9.59 Å². The van der Waals surface area contributed by atoms with Crippen LogP contribution in [0.1, 0.15) is 32.6 Å². The number of carbonyl (C=O) groups is 2. The molecule has 1 amide bonds. The molecule has 17 heavy (non-hydrogen) atoms. The maximum absolute atomic E-state index is 12.4. The zero-order valence-electron chi connectivity index (χ0n) is 9.89. The van der Waals surface area contributed by atoms with Gasteiger partial charge in [-0.2, -0.15) is 0 Å². The third kappa shape index (κ3) is 2.04. The fraction of sp³-hybridized carbons (Fsp3) is 0.818. The Bertz CT molecular complexity index is 344. The van der Waals surface area contributed by atoms with Gasteiger partial charge in [-0.3, -0.25) is 4.79 Å². The highest BCUT2D eigenvalue weighted by molar-refractivity contribution is 8.00. The number of carboxylic acids is 1. The highest BCUT2D eigenvalue weighted by Gasteiger charge is 2.49. The van der Waals surface area contributed by atoms with Crippen LogP contribution in [0.2, 0.25) is 0 Å². The fourth-order valence-electron chi connectivity index (χ4n) is 2.37. The van der Waals surface area contributed by atoms with E-state index in [9.17, 15) is 9.59 Å². The summed E-state index contributed by atoms with van der Waals surface area (Å²) in [5, 5.41) is 9.12. The van der Waals surface area contributed by atoms with Crippen molar-refractivity contribution in [1.82, 2.24) is 4.90 Å². The molecule has 1 heterocycles. The molecule has 0 aromatic rings. The first-order valence-electron chi connectivity index (χ1n) is 5.95. The molecule has 2 atom stereocenters. The number of thioether (sulfide) groups is 1. The van der Waals surface area contributed by atoms with Crippen LogP contribution in [0, 0.1) is 0 Å². The second-order valence-corrected chi connectivity index (χ2v) is 5.98. The number of carbonyl (C=O) groups excluding carboxylic acids is 1. The average molecular weight is 258 g/mol. The van der Waals surface area contributed by atoms with E-state index >= 15 is 0 Å². The summed E-state index contributed by atoms with van der Waals surface area (Å²) in [5.74, 6) is -0.631. The SMILES string of the molecule is CCC1SCC(C(=O)O)N1C(=O)C1(N)CCC1. The van der Waals surface area contributed by atoms with E-state index in [-0.39, 0.29) is 11.3 Å². The summed E-state index contributed by atoms with van der Waals surface area (Å²) >= 11 is 1.53. The van der Waals surface area contributed by atoms with Gasteiger partial charge in [0.05, 0.1) is 10.9 Å². The molecule has 3 N–H and O–H groups in total. The Morgan fingerprint density at radius 2 is 2.18 bits per heavy atom. The summed E-state index contributed by atoms with van der Waals surface area (Å²) in [7, 11) is 0. The first kappa shape index (κ1) is 12.7. The Kier molecular flexibility index (Phi) is 3.36. The van der Waals surface area contributed by atoms with Gasteiger partial charge < -0.3 is 15.7 Å². The van der Waals surface area contributed by atoms with E-state index in [0.717, 1.165) is 12.8 Å². The van der Waals surface area contributed by atoms with Gasteiger partial charge in [-0.05, 0) is 25.7 Å². The molecule has 1 saturated carbocycles. The zero-order valence-corrected chi connectivity index (χ0v) is 10.7. The van der Waals surface area contributed by atoms with Gasteiger partial charge in [0.2, 0.25) is 5.91 Å². The van der Waals surface area contributed by atoms with E-state index in [2.05, 4.69) is 0 Å². The lowest BCUT2D eigenvalue weighted by Gasteiger charge is -2.41. The Labute approximate surface area is 105 Å². The molecule has 1 aliphatic heterocycles. The second-order valence-electron chi connectivity index (χ2n) is 4.77. The standard InChI is InChI=1S/C11H18N2O3S/c1-2-8-13(7(6-17-8)9(14)15)10(16)11(12)4-3-5-11/h7-8H,2-6,12H2,1H3,(H,14,15). The number of aliphatic carboxylic acids is 1. The maximum atomic E-state index is 12.4. The number of rotatable bonds is 3. The van der Waals surface area contributed by atoms with E-state index in [1.807, 2.05) is 6.92 Å². The molecule has 0 spiro atoms. The highest BCUT2D eigenvalue weighted by atomic mass is 32.2. The minimum atomic E-state index is -0.926. The van der Waals surface area contributed by atoms with E-state index < -0.39 is 17.6 Å². The predicted molar refractivity (Wildman–Crippen MR) is 65.6 cm³/mol. The van der Waals surface area contributed by atoms with Crippen LogP contribution >= 0.6 is 11.8 Å². The van der Waals surface area contributed by atoms with E-state index in [4.69, 9.17) is 10.8 Å². The van der Waals surface area contributed by atoms with Crippen LogP contribution in [0.4, 0.5) is 0 Å². The van der Waals surface area contributed by atoms with Crippen molar-refractivity contribution in [3.63, 3.8) is 0 Å². The lowest BCUT2D eigenvalue weighted by Crippen LogP contribution is -2.62. The Morgan fingerprint density at radius 3 is 2.59 bits per heavy atom. The van der Waals surface area contributed by atoms with Gasteiger partial charge >= 0.3 is 5.97 Å². The number of hydrogen-bond acceptors (Lipinski definition) is 4. The van der Waals surface area contributed by atoms with Gasteiger partial charge in [0.15, 0.2) is 0 Å². The summed E-state index contributed by atoms with van der Waals surface area (Å²) < 4.78 is 0. The van der Waals surface area contributed by atoms with E-state index in [1.165, 1.54) is 16.7 Å². The molecule has 5 nitrogen and oxygen atoms in total. The normalized spacial score (nSPS) is 31.1. The van der Waals surface area contributed by atoms with Gasteiger partial charge in [0, 0.05) is 5.75 Å². The van der Waals surface area contributed by atoms with Crippen LogP contribution in [0.15, 0.2) is 0 Å². The van der Waals surface area contributed by atoms with E-state index in [1.54, 1.807) is 0 Å². The third-order valence-electron chi connectivity index (χ3n) is 3.63. The summed E-state index contributed by atoms with van der Waals surface area (Å²) in [5.41, 5.74) is 5.21. The quantitative estimate of drug-likeness (QED) is 0.776. The van der Waals surface area contributed by atoms with Crippen molar-refractivity contribution < 1.29 is 14.7 Å². The summed E-state index contributed by atoms with van der Waals surface area (Å²) in [4.78, 5) is 25.0. The third-order valence-corrected chi connectivity index (χ3v) is 5.09. The maximum Gasteiger partial charge on any atom is 0.327 e. The van der Waals surface area contributed by atoms with Crippen LogP contribution < -0.4 is 5.73 Å². The number of nitrogens with zero attached hydrogens (tertiary/aromatic N) is 1. The molecule has 2 unspecified atom stereocenters. The molecule has 0 bridgehead atoms. The van der Waals surface area contributed by atoms with Crippen molar-refractivity contribution in [2.75, 3.05) is 5.75 Å². The van der Waals surface area contributed by atoms with Gasteiger partial charge in [0.1, 0.15) is 6.04 Å². The van der Waals surface area contributed by atoms with Crippen molar-refractivity contribution in [1.29, 1.82) is 0 Å². The van der Waals surface area contributed by atoms with Crippen molar-refractivity contribution in [3.05, 3.63) is 0 Å². The van der Waals surface area contributed by atoms with Crippen molar-refractivity contribution in [3.8, 4) is 0 Å². The lowest BCUT2D eigenvalue weighted by molar-refractivity contribution is -0.153. The fourth-order valence-corrected chi connectivity index (χ4v) is 3.72. The molecule has 96 valence electrons. The zero-order chi connectivity index (χ0) is 12.6. The molecule has 2 fully saturated rings. The van der Waals surface area contributed by atoms with Crippen LogP contribution in [0.25, 0.3) is 0 Å². The first-order valence-corrected chi connectivity index (χ1v) is 7.00. The van der Waals surface area contributed by atoms with Crippen molar-refractivity contribution >= 4 is 23.6 Å². The second kappa shape index (κ2) is 4.49. The predicted octanol–water partition coefficient (Wildman–Crippen LogP) is 0.632.